The minimum Gasteiger partial charge on any atom is -0.351 e. The van der Waals surface area contributed by atoms with E-state index in [4.69, 9.17) is 0 Å². The van der Waals surface area contributed by atoms with Crippen LogP contribution in [0.25, 0.3) is 0 Å². The van der Waals surface area contributed by atoms with Gasteiger partial charge in [0, 0.05) is 13.1 Å². The first-order valence-corrected chi connectivity index (χ1v) is 7.82. The molecule has 4 amide bonds. The van der Waals surface area contributed by atoms with Crippen molar-refractivity contribution in [2.75, 3.05) is 26.2 Å². The maximum atomic E-state index is 12.4. The number of rotatable bonds is 6. The highest BCUT2D eigenvalue weighted by molar-refractivity contribution is 6.08. The van der Waals surface area contributed by atoms with E-state index in [1.54, 1.807) is 0 Å². The molecule has 7 nitrogen and oxygen atoms in total. The Kier molecular flexibility index (Phi) is 5.18. The summed E-state index contributed by atoms with van der Waals surface area (Å²) in [7, 11) is 0. The molecule has 0 aromatic heterocycles. The van der Waals surface area contributed by atoms with Gasteiger partial charge in [-0.2, -0.15) is 0 Å². The SMILES string of the molecule is CCC1(CC)NC(=O)N(CC(=O)NCC2=CCNCC2)C1=O. The molecule has 0 aromatic rings. The Balaban J connectivity index is 1.89. The molecule has 2 heterocycles. The number of carbonyl (C=O) groups excluding carboxylic acids is 3. The Morgan fingerprint density at radius 3 is 2.64 bits per heavy atom. The fourth-order valence-corrected chi connectivity index (χ4v) is 2.79. The number of nitrogens with zero attached hydrogens (tertiary/aromatic N) is 1. The van der Waals surface area contributed by atoms with Crippen LogP contribution in [-0.2, 0) is 9.59 Å². The van der Waals surface area contributed by atoms with Crippen LogP contribution >= 0.6 is 0 Å². The summed E-state index contributed by atoms with van der Waals surface area (Å²) in [5, 5.41) is 8.69. The third kappa shape index (κ3) is 3.30. The molecule has 0 aliphatic carbocycles. The Hall–Kier alpha value is -1.89. The first-order valence-electron chi connectivity index (χ1n) is 7.82. The quantitative estimate of drug-likeness (QED) is 0.481. The normalized spacial score (nSPS) is 20.6. The van der Waals surface area contributed by atoms with Crippen molar-refractivity contribution in [3.8, 4) is 0 Å². The van der Waals surface area contributed by atoms with Gasteiger partial charge in [0.25, 0.3) is 5.91 Å². The largest absolute Gasteiger partial charge is 0.351 e. The summed E-state index contributed by atoms with van der Waals surface area (Å²) in [4.78, 5) is 37.3. The van der Waals surface area contributed by atoms with E-state index in [0.717, 1.165) is 24.4 Å². The molecular formula is C15H24N4O3. The zero-order valence-electron chi connectivity index (χ0n) is 13.2. The Morgan fingerprint density at radius 1 is 1.36 bits per heavy atom. The number of nitrogens with one attached hydrogen (secondary N) is 3. The van der Waals surface area contributed by atoms with E-state index >= 15 is 0 Å². The van der Waals surface area contributed by atoms with Crippen LogP contribution in [0.1, 0.15) is 33.1 Å². The molecule has 3 N–H and O–H groups in total. The van der Waals surface area contributed by atoms with Crippen molar-refractivity contribution in [2.45, 2.75) is 38.6 Å². The molecule has 0 spiro atoms. The topological polar surface area (TPSA) is 90.5 Å². The molecule has 7 heteroatoms. The monoisotopic (exact) mass is 308 g/mol. The summed E-state index contributed by atoms with van der Waals surface area (Å²) in [6.45, 7) is 5.68. The van der Waals surface area contributed by atoms with Gasteiger partial charge in [-0.05, 0) is 25.8 Å². The first-order chi connectivity index (χ1) is 10.5. The second-order valence-corrected chi connectivity index (χ2v) is 5.70. The zero-order chi connectivity index (χ0) is 16.2. The molecule has 2 aliphatic rings. The minimum absolute atomic E-state index is 0.224. The number of urea groups is 1. The van der Waals surface area contributed by atoms with Crippen LogP contribution < -0.4 is 16.0 Å². The smallest absolute Gasteiger partial charge is 0.325 e. The highest BCUT2D eigenvalue weighted by atomic mass is 16.2. The predicted molar refractivity (Wildman–Crippen MR) is 82.1 cm³/mol. The first kappa shape index (κ1) is 16.5. The van der Waals surface area contributed by atoms with Gasteiger partial charge in [0.1, 0.15) is 12.1 Å². The van der Waals surface area contributed by atoms with Gasteiger partial charge >= 0.3 is 6.03 Å². The van der Waals surface area contributed by atoms with E-state index in [9.17, 15) is 14.4 Å². The molecule has 1 saturated heterocycles. The number of amides is 4. The highest BCUT2D eigenvalue weighted by Gasteiger charge is 2.49. The standard InChI is InChI=1S/C15H24N4O3/c1-3-15(4-2)13(21)19(14(22)18-15)10-12(20)17-9-11-5-7-16-8-6-11/h5,16H,3-4,6-10H2,1-2H3,(H,17,20)(H,18,22). The van der Waals surface area contributed by atoms with E-state index in [2.05, 4.69) is 22.0 Å². The third-order valence-electron chi connectivity index (χ3n) is 4.43. The van der Waals surface area contributed by atoms with Crippen molar-refractivity contribution in [1.82, 2.24) is 20.9 Å². The average Bonchev–Trinajstić information content (AvgIpc) is 2.78. The van der Waals surface area contributed by atoms with Crippen LogP contribution in [0.4, 0.5) is 4.79 Å². The lowest BCUT2D eigenvalue weighted by Gasteiger charge is -2.23. The second-order valence-electron chi connectivity index (χ2n) is 5.70. The molecule has 2 rings (SSSR count). The van der Waals surface area contributed by atoms with Crippen LogP contribution in [0.3, 0.4) is 0 Å². The molecule has 122 valence electrons. The molecule has 0 radical (unpaired) electrons. The van der Waals surface area contributed by atoms with Gasteiger partial charge in [-0.25, -0.2) is 4.79 Å². The van der Waals surface area contributed by atoms with E-state index < -0.39 is 11.6 Å². The van der Waals surface area contributed by atoms with Gasteiger partial charge in [0.15, 0.2) is 0 Å². The van der Waals surface area contributed by atoms with Gasteiger partial charge in [-0.3, -0.25) is 14.5 Å². The number of imide groups is 1. The fourth-order valence-electron chi connectivity index (χ4n) is 2.79. The fraction of sp³-hybridized carbons (Fsp3) is 0.667. The summed E-state index contributed by atoms with van der Waals surface area (Å²) >= 11 is 0. The number of hydrogen-bond acceptors (Lipinski definition) is 4. The van der Waals surface area contributed by atoms with Gasteiger partial charge in [0.2, 0.25) is 5.91 Å². The molecule has 0 saturated carbocycles. The summed E-state index contributed by atoms with van der Waals surface area (Å²) in [6.07, 6.45) is 3.99. The van der Waals surface area contributed by atoms with Crippen molar-refractivity contribution < 1.29 is 14.4 Å². The summed E-state index contributed by atoms with van der Waals surface area (Å²) in [6, 6.07) is -0.482. The van der Waals surface area contributed by atoms with E-state index in [-0.39, 0.29) is 18.4 Å². The molecule has 0 bridgehead atoms. The molecule has 1 fully saturated rings. The molecule has 0 unspecified atom stereocenters. The molecular weight excluding hydrogens is 284 g/mol. The van der Waals surface area contributed by atoms with Crippen LogP contribution in [0, 0.1) is 0 Å². The van der Waals surface area contributed by atoms with Crippen molar-refractivity contribution in [1.29, 1.82) is 0 Å². The van der Waals surface area contributed by atoms with Gasteiger partial charge in [-0.1, -0.05) is 25.5 Å². The van der Waals surface area contributed by atoms with Crippen LogP contribution in [0.2, 0.25) is 0 Å². The molecule has 2 aliphatic heterocycles. The average molecular weight is 308 g/mol. The Bertz CT molecular complexity index is 497. The van der Waals surface area contributed by atoms with Crippen LogP contribution in [0.5, 0.6) is 0 Å². The van der Waals surface area contributed by atoms with Gasteiger partial charge in [0.05, 0.1) is 0 Å². The Labute approximate surface area is 130 Å². The van der Waals surface area contributed by atoms with Crippen molar-refractivity contribution in [3.05, 3.63) is 11.6 Å². The van der Waals surface area contributed by atoms with Gasteiger partial charge in [-0.15, -0.1) is 0 Å². The Morgan fingerprint density at radius 2 is 2.09 bits per heavy atom. The molecule has 0 atom stereocenters. The van der Waals surface area contributed by atoms with Crippen molar-refractivity contribution >= 4 is 17.8 Å². The second kappa shape index (κ2) is 6.91. The summed E-state index contributed by atoms with van der Waals surface area (Å²) < 4.78 is 0. The summed E-state index contributed by atoms with van der Waals surface area (Å²) in [5.41, 5.74) is 0.315. The molecule has 0 aromatic carbocycles. The van der Waals surface area contributed by atoms with E-state index in [1.165, 1.54) is 5.57 Å². The van der Waals surface area contributed by atoms with Crippen LogP contribution in [-0.4, -0.2) is 54.5 Å². The minimum atomic E-state index is -0.852. The van der Waals surface area contributed by atoms with Gasteiger partial charge < -0.3 is 16.0 Å². The lowest BCUT2D eigenvalue weighted by Crippen LogP contribution is -2.46. The lowest BCUT2D eigenvalue weighted by atomic mass is 9.93. The third-order valence-corrected chi connectivity index (χ3v) is 4.43. The number of hydrogen-bond donors (Lipinski definition) is 3. The highest BCUT2D eigenvalue weighted by Crippen LogP contribution is 2.24. The van der Waals surface area contributed by atoms with Crippen LogP contribution in [0.15, 0.2) is 11.6 Å². The van der Waals surface area contributed by atoms with E-state index in [1.807, 2.05) is 13.8 Å². The maximum Gasteiger partial charge on any atom is 0.325 e. The summed E-state index contributed by atoms with van der Waals surface area (Å²) in [5.74, 6) is -0.621. The van der Waals surface area contributed by atoms with Crippen molar-refractivity contribution in [3.63, 3.8) is 0 Å². The van der Waals surface area contributed by atoms with Crippen molar-refractivity contribution in [2.24, 2.45) is 0 Å². The number of carbonyl (C=O) groups is 3. The lowest BCUT2D eigenvalue weighted by molar-refractivity contribution is -0.135. The maximum absolute atomic E-state index is 12.4. The van der Waals surface area contributed by atoms with E-state index in [0.29, 0.717) is 19.4 Å². The predicted octanol–water partition coefficient (Wildman–Crippen LogP) is 0.133. The zero-order valence-corrected chi connectivity index (χ0v) is 13.2. The molecule has 22 heavy (non-hydrogen) atoms.